The number of rotatable bonds is 2. The van der Waals surface area contributed by atoms with Crippen LogP contribution in [0.1, 0.15) is 55.8 Å². The molecule has 1 spiro atoms. The summed E-state index contributed by atoms with van der Waals surface area (Å²) in [5.74, 6) is 1.68. The van der Waals surface area contributed by atoms with E-state index in [0.29, 0.717) is 18.6 Å². The van der Waals surface area contributed by atoms with Crippen LogP contribution in [-0.4, -0.2) is 18.0 Å². The summed E-state index contributed by atoms with van der Waals surface area (Å²) in [6, 6.07) is 5.59. The van der Waals surface area contributed by atoms with E-state index in [0.717, 1.165) is 24.3 Å². The van der Waals surface area contributed by atoms with Gasteiger partial charge in [0.2, 0.25) is 0 Å². The van der Waals surface area contributed by atoms with Gasteiger partial charge in [-0.15, -0.1) is 0 Å². The van der Waals surface area contributed by atoms with Crippen molar-refractivity contribution in [3.05, 3.63) is 23.8 Å². The second-order valence-electron chi connectivity index (χ2n) is 5.54. The number of hydrogen-bond acceptors (Lipinski definition) is 3. The zero-order valence-corrected chi connectivity index (χ0v) is 11.4. The Kier molecular flexibility index (Phi) is 3.21. The van der Waals surface area contributed by atoms with Crippen LogP contribution >= 0.6 is 0 Å². The van der Waals surface area contributed by atoms with Crippen LogP contribution in [0.2, 0.25) is 0 Å². The minimum absolute atomic E-state index is 0.199. The zero-order chi connectivity index (χ0) is 13.3. The first-order chi connectivity index (χ1) is 9.22. The number of carbonyl (C=O) groups excluding carboxylic acids is 1. The largest absolute Gasteiger partial charge is 0.494 e. The van der Waals surface area contributed by atoms with Crippen molar-refractivity contribution in [2.24, 2.45) is 0 Å². The average molecular weight is 260 g/mol. The maximum absolute atomic E-state index is 12.4. The van der Waals surface area contributed by atoms with Crippen LogP contribution in [0.3, 0.4) is 0 Å². The zero-order valence-electron chi connectivity index (χ0n) is 11.4. The molecule has 0 N–H and O–H groups in total. The van der Waals surface area contributed by atoms with E-state index in [1.807, 2.05) is 25.1 Å². The predicted octanol–water partition coefficient (Wildman–Crippen LogP) is 3.75. The lowest BCUT2D eigenvalue weighted by molar-refractivity contribution is 0.0135. The van der Waals surface area contributed by atoms with Crippen molar-refractivity contribution in [2.45, 2.75) is 51.0 Å². The molecular formula is C16H20O3. The third kappa shape index (κ3) is 2.34. The summed E-state index contributed by atoms with van der Waals surface area (Å²) in [4.78, 5) is 12.4. The van der Waals surface area contributed by atoms with Crippen molar-refractivity contribution < 1.29 is 14.3 Å². The van der Waals surface area contributed by atoms with Crippen molar-refractivity contribution in [3.8, 4) is 11.5 Å². The van der Waals surface area contributed by atoms with E-state index in [1.54, 1.807) is 0 Å². The highest BCUT2D eigenvalue weighted by atomic mass is 16.5. The highest BCUT2D eigenvalue weighted by Crippen LogP contribution is 2.42. The molecule has 1 aliphatic heterocycles. The molecule has 1 aliphatic carbocycles. The Morgan fingerprint density at radius 1 is 1.26 bits per heavy atom. The van der Waals surface area contributed by atoms with E-state index < -0.39 is 0 Å². The summed E-state index contributed by atoms with van der Waals surface area (Å²) in [6.45, 7) is 2.55. The van der Waals surface area contributed by atoms with Crippen LogP contribution in [0.5, 0.6) is 11.5 Å². The first-order valence-electron chi connectivity index (χ1n) is 7.21. The molecular weight excluding hydrogens is 240 g/mol. The van der Waals surface area contributed by atoms with Crippen LogP contribution in [0.25, 0.3) is 0 Å². The van der Waals surface area contributed by atoms with Gasteiger partial charge in [0, 0.05) is 0 Å². The van der Waals surface area contributed by atoms with E-state index in [9.17, 15) is 4.79 Å². The number of benzene rings is 1. The van der Waals surface area contributed by atoms with Crippen LogP contribution in [0, 0.1) is 0 Å². The lowest BCUT2D eigenvalue weighted by Crippen LogP contribution is -2.43. The second kappa shape index (κ2) is 4.87. The standard InChI is InChI=1S/C16H20O3/c1-2-18-12-6-7-15-13(10-12)14(17)11-16(19-15)8-4-3-5-9-16/h6-7,10H,2-5,8-9,11H2,1H3. The van der Waals surface area contributed by atoms with Crippen molar-refractivity contribution in [2.75, 3.05) is 6.61 Å². The lowest BCUT2D eigenvalue weighted by Gasteiger charge is -2.40. The molecule has 0 bridgehead atoms. The molecule has 1 heterocycles. The van der Waals surface area contributed by atoms with Gasteiger partial charge in [-0.2, -0.15) is 0 Å². The van der Waals surface area contributed by atoms with Gasteiger partial charge in [-0.3, -0.25) is 4.79 Å². The van der Waals surface area contributed by atoms with Gasteiger partial charge in [-0.1, -0.05) is 6.42 Å². The Hall–Kier alpha value is -1.51. The number of ether oxygens (including phenoxy) is 2. The van der Waals surface area contributed by atoms with Crippen LogP contribution in [0.4, 0.5) is 0 Å². The predicted molar refractivity (Wildman–Crippen MR) is 73.0 cm³/mol. The third-order valence-corrected chi connectivity index (χ3v) is 4.14. The van der Waals surface area contributed by atoms with Crippen LogP contribution < -0.4 is 9.47 Å². The number of carbonyl (C=O) groups is 1. The Morgan fingerprint density at radius 2 is 2.05 bits per heavy atom. The average Bonchev–Trinajstić information content (AvgIpc) is 2.41. The van der Waals surface area contributed by atoms with Gasteiger partial charge < -0.3 is 9.47 Å². The molecule has 0 saturated heterocycles. The Balaban J connectivity index is 1.90. The van der Waals surface area contributed by atoms with E-state index in [-0.39, 0.29) is 11.4 Å². The van der Waals surface area contributed by atoms with Crippen molar-refractivity contribution >= 4 is 5.78 Å². The van der Waals surface area contributed by atoms with Crippen LogP contribution in [-0.2, 0) is 0 Å². The Bertz CT molecular complexity index is 487. The summed E-state index contributed by atoms with van der Waals surface area (Å²) >= 11 is 0. The van der Waals surface area contributed by atoms with Gasteiger partial charge in [0.05, 0.1) is 18.6 Å². The minimum Gasteiger partial charge on any atom is -0.494 e. The molecule has 1 aromatic carbocycles. The van der Waals surface area contributed by atoms with E-state index in [1.165, 1.54) is 19.3 Å². The molecule has 0 amide bonds. The first kappa shape index (κ1) is 12.5. The van der Waals surface area contributed by atoms with Crippen molar-refractivity contribution in [1.82, 2.24) is 0 Å². The smallest absolute Gasteiger partial charge is 0.170 e. The molecule has 0 radical (unpaired) electrons. The van der Waals surface area contributed by atoms with E-state index in [2.05, 4.69) is 0 Å². The summed E-state index contributed by atoms with van der Waals surface area (Å²) in [5.41, 5.74) is 0.456. The topological polar surface area (TPSA) is 35.5 Å². The van der Waals surface area contributed by atoms with Gasteiger partial charge in [0.25, 0.3) is 0 Å². The van der Waals surface area contributed by atoms with E-state index >= 15 is 0 Å². The fourth-order valence-corrected chi connectivity index (χ4v) is 3.20. The fraction of sp³-hybridized carbons (Fsp3) is 0.562. The number of hydrogen-bond donors (Lipinski definition) is 0. The molecule has 1 fully saturated rings. The molecule has 3 heteroatoms. The number of Topliss-reactive ketones (excluding diaryl/α,β-unsaturated/α-hetero) is 1. The molecule has 1 saturated carbocycles. The summed E-state index contributed by atoms with van der Waals surface area (Å²) in [7, 11) is 0. The maximum atomic E-state index is 12.4. The SMILES string of the molecule is CCOc1ccc2c(c1)C(=O)CC1(CCCCC1)O2. The molecule has 102 valence electrons. The first-order valence-corrected chi connectivity index (χ1v) is 7.21. The summed E-state index contributed by atoms with van der Waals surface area (Å²) in [5, 5.41) is 0. The highest BCUT2D eigenvalue weighted by Gasteiger charge is 2.41. The third-order valence-electron chi connectivity index (χ3n) is 4.14. The number of fused-ring (bicyclic) bond motifs is 1. The molecule has 3 rings (SSSR count). The van der Waals surface area contributed by atoms with Gasteiger partial charge >= 0.3 is 0 Å². The lowest BCUT2D eigenvalue weighted by atomic mass is 9.78. The van der Waals surface area contributed by atoms with Gasteiger partial charge in [0.15, 0.2) is 5.78 Å². The molecule has 0 aromatic heterocycles. The normalized spacial score (nSPS) is 20.8. The van der Waals surface area contributed by atoms with Crippen molar-refractivity contribution in [1.29, 1.82) is 0 Å². The molecule has 0 atom stereocenters. The van der Waals surface area contributed by atoms with Gasteiger partial charge in [0.1, 0.15) is 17.1 Å². The molecule has 0 unspecified atom stereocenters. The van der Waals surface area contributed by atoms with E-state index in [4.69, 9.17) is 9.47 Å². The van der Waals surface area contributed by atoms with Gasteiger partial charge in [-0.05, 0) is 50.8 Å². The molecule has 19 heavy (non-hydrogen) atoms. The quantitative estimate of drug-likeness (QED) is 0.812. The molecule has 2 aliphatic rings. The van der Waals surface area contributed by atoms with Gasteiger partial charge in [-0.25, -0.2) is 0 Å². The second-order valence-corrected chi connectivity index (χ2v) is 5.54. The van der Waals surface area contributed by atoms with Crippen LogP contribution in [0.15, 0.2) is 18.2 Å². The minimum atomic E-state index is -0.227. The Labute approximate surface area is 113 Å². The molecule has 3 nitrogen and oxygen atoms in total. The highest BCUT2D eigenvalue weighted by molar-refractivity contribution is 6.00. The Morgan fingerprint density at radius 3 is 2.79 bits per heavy atom. The summed E-state index contributed by atoms with van der Waals surface area (Å²) in [6.07, 6.45) is 6.13. The monoisotopic (exact) mass is 260 g/mol. The number of ketones is 1. The summed E-state index contributed by atoms with van der Waals surface area (Å²) < 4.78 is 11.6. The fourth-order valence-electron chi connectivity index (χ4n) is 3.20. The maximum Gasteiger partial charge on any atom is 0.170 e. The van der Waals surface area contributed by atoms with Crippen molar-refractivity contribution in [3.63, 3.8) is 0 Å². The molecule has 1 aromatic rings.